The molecule has 0 saturated heterocycles. The summed E-state index contributed by atoms with van der Waals surface area (Å²) < 4.78 is 15.0. The third-order valence-corrected chi connectivity index (χ3v) is 4.64. The number of nitrogens with two attached hydrogens (primary N) is 1. The highest BCUT2D eigenvalue weighted by Crippen LogP contribution is 2.27. The maximum Gasteiger partial charge on any atom is 0.196 e. The van der Waals surface area contributed by atoms with Crippen molar-refractivity contribution < 1.29 is 4.39 Å². The maximum atomic E-state index is 13.0. The van der Waals surface area contributed by atoms with Gasteiger partial charge in [0.15, 0.2) is 11.0 Å². The second-order valence-corrected chi connectivity index (χ2v) is 6.66. The van der Waals surface area contributed by atoms with Crippen LogP contribution in [0.5, 0.6) is 0 Å². The molecule has 0 bridgehead atoms. The van der Waals surface area contributed by atoms with E-state index in [2.05, 4.69) is 22.3 Å². The zero-order chi connectivity index (χ0) is 17.1. The average molecular weight is 342 g/mol. The van der Waals surface area contributed by atoms with Gasteiger partial charge in [0.05, 0.1) is 6.04 Å². The van der Waals surface area contributed by atoms with Crippen molar-refractivity contribution in [2.45, 2.75) is 30.8 Å². The Morgan fingerprint density at radius 1 is 1.08 bits per heavy atom. The lowest BCUT2D eigenvalue weighted by Gasteiger charge is -2.12. The van der Waals surface area contributed by atoms with E-state index in [0.717, 1.165) is 22.2 Å². The molecule has 2 N–H and O–H groups in total. The molecule has 1 atom stereocenters. The minimum absolute atomic E-state index is 0.223. The molecule has 124 valence electrons. The number of aryl methyl sites for hydroxylation is 1. The van der Waals surface area contributed by atoms with Crippen LogP contribution in [0.2, 0.25) is 0 Å². The molecule has 0 amide bonds. The van der Waals surface area contributed by atoms with Gasteiger partial charge >= 0.3 is 0 Å². The van der Waals surface area contributed by atoms with E-state index in [1.807, 2.05) is 30.5 Å². The van der Waals surface area contributed by atoms with Gasteiger partial charge in [-0.3, -0.25) is 4.57 Å². The molecule has 4 nitrogen and oxygen atoms in total. The number of hydrogen-bond donors (Lipinski definition) is 1. The van der Waals surface area contributed by atoms with Crippen molar-refractivity contribution in [2.24, 2.45) is 5.73 Å². The molecule has 0 aliphatic carbocycles. The van der Waals surface area contributed by atoms with Crippen LogP contribution in [0, 0.1) is 12.7 Å². The SMILES string of the molecule is Cc1ccc(-n2c(SCc3ccc(F)cc3)nnc2C(C)N)cc1. The molecule has 3 aromatic rings. The van der Waals surface area contributed by atoms with E-state index in [9.17, 15) is 4.39 Å². The van der Waals surface area contributed by atoms with Crippen LogP contribution in [0.3, 0.4) is 0 Å². The van der Waals surface area contributed by atoms with Crippen LogP contribution in [-0.2, 0) is 5.75 Å². The van der Waals surface area contributed by atoms with Gasteiger partial charge in [0.1, 0.15) is 5.82 Å². The number of hydrogen-bond acceptors (Lipinski definition) is 4. The molecule has 0 aliphatic rings. The van der Waals surface area contributed by atoms with E-state index in [4.69, 9.17) is 5.73 Å². The van der Waals surface area contributed by atoms with Gasteiger partial charge in [0.25, 0.3) is 0 Å². The summed E-state index contributed by atoms with van der Waals surface area (Å²) >= 11 is 1.55. The normalized spacial score (nSPS) is 12.3. The van der Waals surface area contributed by atoms with E-state index in [1.165, 1.54) is 17.7 Å². The minimum atomic E-state index is -0.231. The standard InChI is InChI=1S/C18H19FN4S/c1-12-3-9-16(10-4-12)23-17(13(2)20)21-22-18(23)24-11-14-5-7-15(19)8-6-14/h3-10,13H,11,20H2,1-2H3. The van der Waals surface area contributed by atoms with Gasteiger partial charge in [-0.1, -0.05) is 41.6 Å². The van der Waals surface area contributed by atoms with Gasteiger partial charge in [-0.05, 0) is 43.7 Å². The summed E-state index contributed by atoms with van der Waals surface area (Å²) in [5, 5.41) is 9.31. The Labute approximate surface area is 144 Å². The Bertz CT molecular complexity index is 810. The first-order valence-corrected chi connectivity index (χ1v) is 8.68. The Hall–Kier alpha value is -2.18. The van der Waals surface area contributed by atoms with Gasteiger partial charge in [-0.2, -0.15) is 0 Å². The monoisotopic (exact) mass is 342 g/mol. The summed E-state index contributed by atoms with van der Waals surface area (Å²) in [6.45, 7) is 3.94. The number of halogens is 1. The van der Waals surface area contributed by atoms with Gasteiger partial charge < -0.3 is 5.73 Å². The first-order valence-electron chi connectivity index (χ1n) is 7.70. The molecule has 1 unspecified atom stereocenters. The summed E-state index contributed by atoms with van der Waals surface area (Å²) in [5.41, 5.74) is 9.25. The lowest BCUT2D eigenvalue weighted by molar-refractivity contribution is 0.627. The second-order valence-electron chi connectivity index (χ2n) is 5.72. The predicted octanol–water partition coefficient (Wildman–Crippen LogP) is 4.03. The average Bonchev–Trinajstić information content (AvgIpc) is 2.99. The van der Waals surface area contributed by atoms with E-state index < -0.39 is 0 Å². The van der Waals surface area contributed by atoms with Crippen molar-refractivity contribution in [2.75, 3.05) is 0 Å². The molecule has 6 heteroatoms. The summed E-state index contributed by atoms with van der Waals surface area (Å²) in [4.78, 5) is 0. The molecule has 0 saturated carbocycles. The van der Waals surface area contributed by atoms with Crippen molar-refractivity contribution >= 4 is 11.8 Å². The Morgan fingerprint density at radius 3 is 2.38 bits per heavy atom. The van der Waals surface area contributed by atoms with E-state index in [-0.39, 0.29) is 11.9 Å². The quantitative estimate of drug-likeness (QED) is 0.711. The highest BCUT2D eigenvalue weighted by Gasteiger charge is 2.17. The lowest BCUT2D eigenvalue weighted by atomic mass is 10.2. The summed E-state index contributed by atoms with van der Waals surface area (Å²) in [6, 6.07) is 14.4. The highest BCUT2D eigenvalue weighted by atomic mass is 32.2. The molecule has 2 aromatic carbocycles. The molecule has 0 spiro atoms. The third-order valence-electron chi connectivity index (χ3n) is 3.64. The van der Waals surface area contributed by atoms with Crippen LogP contribution in [0.4, 0.5) is 4.39 Å². The molecule has 1 heterocycles. The predicted molar refractivity (Wildman–Crippen MR) is 94.7 cm³/mol. The van der Waals surface area contributed by atoms with Gasteiger partial charge in [-0.25, -0.2) is 4.39 Å². The second kappa shape index (κ2) is 7.15. The fourth-order valence-electron chi connectivity index (χ4n) is 2.33. The fraction of sp³-hybridized carbons (Fsp3) is 0.222. The fourth-order valence-corrected chi connectivity index (χ4v) is 3.25. The first-order chi connectivity index (χ1) is 11.5. The maximum absolute atomic E-state index is 13.0. The third kappa shape index (κ3) is 3.66. The molecule has 1 aromatic heterocycles. The first kappa shape index (κ1) is 16.7. The summed E-state index contributed by atoms with van der Waals surface area (Å²) in [7, 11) is 0. The smallest absolute Gasteiger partial charge is 0.196 e. The largest absolute Gasteiger partial charge is 0.322 e. The number of aromatic nitrogens is 3. The molecule has 3 rings (SSSR count). The Kier molecular flexibility index (Phi) is 4.97. The van der Waals surface area contributed by atoms with Crippen LogP contribution in [0.15, 0.2) is 53.7 Å². The van der Waals surface area contributed by atoms with Crippen LogP contribution in [0.1, 0.15) is 29.9 Å². The molecular weight excluding hydrogens is 323 g/mol. The van der Waals surface area contributed by atoms with Crippen molar-refractivity contribution in [1.29, 1.82) is 0 Å². The van der Waals surface area contributed by atoms with Crippen molar-refractivity contribution in [1.82, 2.24) is 14.8 Å². The van der Waals surface area contributed by atoms with Crippen LogP contribution < -0.4 is 5.73 Å². The van der Waals surface area contributed by atoms with Gasteiger partial charge in [-0.15, -0.1) is 10.2 Å². The number of benzene rings is 2. The van der Waals surface area contributed by atoms with Crippen molar-refractivity contribution in [3.05, 3.63) is 71.3 Å². The summed E-state index contributed by atoms with van der Waals surface area (Å²) in [5.74, 6) is 1.18. The molecular formula is C18H19FN4S. The van der Waals surface area contributed by atoms with E-state index in [1.54, 1.807) is 23.9 Å². The van der Waals surface area contributed by atoms with Gasteiger partial charge in [0.2, 0.25) is 0 Å². The zero-order valence-electron chi connectivity index (χ0n) is 13.6. The Balaban J connectivity index is 1.90. The van der Waals surface area contributed by atoms with Crippen LogP contribution in [-0.4, -0.2) is 14.8 Å². The van der Waals surface area contributed by atoms with Gasteiger partial charge in [0, 0.05) is 11.4 Å². The zero-order valence-corrected chi connectivity index (χ0v) is 14.4. The van der Waals surface area contributed by atoms with Crippen molar-refractivity contribution in [3.8, 4) is 5.69 Å². The van der Waals surface area contributed by atoms with E-state index in [0.29, 0.717) is 5.75 Å². The topological polar surface area (TPSA) is 56.7 Å². The molecule has 0 radical (unpaired) electrons. The van der Waals surface area contributed by atoms with E-state index >= 15 is 0 Å². The molecule has 24 heavy (non-hydrogen) atoms. The minimum Gasteiger partial charge on any atom is -0.322 e. The highest BCUT2D eigenvalue weighted by molar-refractivity contribution is 7.98. The lowest BCUT2D eigenvalue weighted by Crippen LogP contribution is -2.13. The van der Waals surface area contributed by atoms with Crippen molar-refractivity contribution in [3.63, 3.8) is 0 Å². The molecule has 0 aliphatic heterocycles. The number of rotatable bonds is 5. The number of thioether (sulfide) groups is 1. The van der Waals surface area contributed by atoms with Crippen LogP contribution >= 0.6 is 11.8 Å². The Morgan fingerprint density at radius 2 is 1.75 bits per heavy atom. The molecule has 0 fully saturated rings. The summed E-state index contributed by atoms with van der Waals surface area (Å²) in [6.07, 6.45) is 0. The number of nitrogens with zero attached hydrogens (tertiary/aromatic N) is 3. The van der Waals surface area contributed by atoms with Crippen LogP contribution in [0.25, 0.3) is 5.69 Å².